The number of amides is 2. The SMILES string of the molecule is CCOc1cc(C(=O)NNC(=O)c2ccc(OC[C@H]3CCCO3)cc2)cc(OCC)c1OCC. The number of hydrogen-bond acceptors (Lipinski definition) is 7. The van der Waals surface area contributed by atoms with Gasteiger partial charge in [-0.1, -0.05) is 0 Å². The Morgan fingerprint density at radius 3 is 1.97 bits per heavy atom. The first-order valence-corrected chi connectivity index (χ1v) is 11.6. The molecule has 0 aliphatic carbocycles. The Labute approximate surface area is 199 Å². The van der Waals surface area contributed by atoms with E-state index in [-0.39, 0.29) is 11.7 Å². The molecule has 3 rings (SSSR count). The van der Waals surface area contributed by atoms with Gasteiger partial charge in [-0.05, 0) is 70.0 Å². The van der Waals surface area contributed by atoms with Crippen LogP contribution in [-0.2, 0) is 4.74 Å². The molecule has 0 bridgehead atoms. The van der Waals surface area contributed by atoms with Gasteiger partial charge >= 0.3 is 0 Å². The molecule has 9 heteroatoms. The highest BCUT2D eigenvalue weighted by Crippen LogP contribution is 2.39. The van der Waals surface area contributed by atoms with Crippen molar-refractivity contribution in [2.24, 2.45) is 0 Å². The molecule has 1 aliphatic heterocycles. The number of carbonyl (C=O) groups is 2. The first-order valence-electron chi connectivity index (χ1n) is 11.6. The second kappa shape index (κ2) is 12.7. The van der Waals surface area contributed by atoms with E-state index in [1.54, 1.807) is 36.4 Å². The average Bonchev–Trinajstić information content (AvgIpc) is 3.37. The lowest BCUT2D eigenvalue weighted by atomic mass is 10.1. The van der Waals surface area contributed by atoms with Crippen LogP contribution in [-0.4, -0.2) is 51.0 Å². The third-order valence-electron chi connectivity index (χ3n) is 5.04. The molecule has 0 unspecified atom stereocenters. The molecule has 0 radical (unpaired) electrons. The number of nitrogens with one attached hydrogen (secondary N) is 2. The Bertz CT molecular complexity index is 929. The maximum Gasteiger partial charge on any atom is 0.269 e. The Balaban J connectivity index is 1.61. The van der Waals surface area contributed by atoms with Gasteiger partial charge in [0.2, 0.25) is 5.75 Å². The zero-order valence-corrected chi connectivity index (χ0v) is 19.8. The topological polar surface area (TPSA) is 104 Å². The van der Waals surface area contributed by atoms with Crippen molar-refractivity contribution in [3.63, 3.8) is 0 Å². The first kappa shape index (κ1) is 25.2. The minimum Gasteiger partial charge on any atom is -0.491 e. The Kier molecular flexibility index (Phi) is 9.40. The fraction of sp³-hybridized carbons (Fsp3) is 0.440. The summed E-state index contributed by atoms with van der Waals surface area (Å²) in [5.41, 5.74) is 5.48. The maximum atomic E-state index is 12.7. The van der Waals surface area contributed by atoms with Gasteiger partial charge in [-0.25, -0.2) is 0 Å². The van der Waals surface area contributed by atoms with Crippen LogP contribution in [0.25, 0.3) is 0 Å². The van der Waals surface area contributed by atoms with Crippen molar-refractivity contribution in [2.75, 3.05) is 33.0 Å². The highest BCUT2D eigenvalue weighted by Gasteiger charge is 2.19. The minimum atomic E-state index is -0.519. The van der Waals surface area contributed by atoms with Gasteiger partial charge < -0.3 is 23.7 Å². The number of ether oxygens (including phenoxy) is 5. The van der Waals surface area contributed by atoms with E-state index in [0.29, 0.717) is 55.0 Å². The molecule has 2 amide bonds. The average molecular weight is 473 g/mol. The predicted octanol–water partition coefficient (Wildman–Crippen LogP) is 3.52. The van der Waals surface area contributed by atoms with Crippen LogP contribution in [0.1, 0.15) is 54.3 Å². The van der Waals surface area contributed by atoms with Crippen LogP contribution in [0.2, 0.25) is 0 Å². The normalized spacial score (nSPS) is 14.9. The molecule has 1 saturated heterocycles. The van der Waals surface area contributed by atoms with E-state index in [1.165, 1.54) is 0 Å². The number of rotatable bonds is 11. The van der Waals surface area contributed by atoms with Gasteiger partial charge in [-0.3, -0.25) is 20.4 Å². The fourth-order valence-electron chi connectivity index (χ4n) is 3.45. The number of benzene rings is 2. The summed E-state index contributed by atoms with van der Waals surface area (Å²) in [5.74, 6) is 0.900. The predicted molar refractivity (Wildman–Crippen MR) is 126 cm³/mol. The second-order valence-corrected chi connectivity index (χ2v) is 7.48. The van der Waals surface area contributed by atoms with Crippen LogP contribution in [0.5, 0.6) is 23.0 Å². The van der Waals surface area contributed by atoms with Crippen molar-refractivity contribution < 1.29 is 33.3 Å². The molecule has 34 heavy (non-hydrogen) atoms. The van der Waals surface area contributed by atoms with Gasteiger partial charge in [0.15, 0.2) is 11.5 Å². The van der Waals surface area contributed by atoms with Crippen molar-refractivity contribution >= 4 is 11.8 Å². The Hall–Kier alpha value is -3.46. The largest absolute Gasteiger partial charge is 0.491 e. The Morgan fingerprint density at radius 1 is 0.853 bits per heavy atom. The van der Waals surface area contributed by atoms with Gasteiger partial charge in [0.25, 0.3) is 11.8 Å². The van der Waals surface area contributed by atoms with E-state index < -0.39 is 11.8 Å². The van der Waals surface area contributed by atoms with Crippen molar-refractivity contribution in [3.05, 3.63) is 47.5 Å². The zero-order chi connectivity index (χ0) is 24.3. The van der Waals surface area contributed by atoms with Gasteiger partial charge in [0.05, 0.1) is 25.9 Å². The molecule has 2 aromatic carbocycles. The number of hydrazine groups is 1. The molecular weight excluding hydrogens is 440 g/mol. The van der Waals surface area contributed by atoms with Crippen molar-refractivity contribution in [1.29, 1.82) is 0 Å². The van der Waals surface area contributed by atoms with E-state index in [1.807, 2.05) is 20.8 Å². The summed E-state index contributed by atoms with van der Waals surface area (Å²) in [6.45, 7) is 7.97. The van der Waals surface area contributed by atoms with Gasteiger partial charge in [0, 0.05) is 17.7 Å². The third kappa shape index (κ3) is 6.77. The number of hydrogen-bond donors (Lipinski definition) is 2. The van der Waals surface area contributed by atoms with Crippen LogP contribution in [0.4, 0.5) is 0 Å². The van der Waals surface area contributed by atoms with Crippen molar-refractivity contribution in [2.45, 2.75) is 39.7 Å². The van der Waals surface area contributed by atoms with Crippen molar-refractivity contribution in [1.82, 2.24) is 10.9 Å². The molecule has 184 valence electrons. The lowest BCUT2D eigenvalue weighted by Crippen LogP contribution is -2.41. The highest BCUT2D eigenvalue weighted by atomic mass is 16.5. The van der Waals surface area contributed by atoms with Gasteiger partial charge in [-0.2, -0.15) is 0 Å². The van der Waals surface area contributed by atoms with Crippen molar-refractivity contribution in [3.8, 4) is 23.0 Å². The van der Waals surface area contributed by atoms with Crippen LogP contribution in [0.3, 0.4) is 0 Å². The molecule has 1 heterocycles. The summed E-state index contributed by atoms with van der Waals surface area (Å²) < 4.78 is 28.2. The van der Waals surface area contributed by atoms with Crippen LogP contribution >= 0.6 is 0 Å². The molecule has 2 N–H and O–H groups in total. The van der Waals surface area contributed by atoms with E-state index in [0.717, 1.165) is 19.4 Å². The summed E-state index contributed by atoms with van der Waals surface area (Å²) in [7, 11) is 0. The molecular formula is C25H32N2O7. The summed E-state index contributed by atoms with van der Waals surface area (Å²) in [6.07, 6.45) is 2.16. The summed E-state index contributed by atoms with van der Waals surface area (Å²) in [4.78, 5) is 25.2. The summed E-state index contributed by atoms with van der Waals surface area (Å²) >= 11 is 0. The van der Waals surface area contributed by atoms with Crippen LogP contribution in [0.15, 0.2) is 36.4 Å². The quantitative estimate of drug-likeness (QED) is 0.482. The first-order chi connectivity index (χ1) is 16.5. The van der Waals surface area contributed by atoms with E-state index >= 15 is 0 Å². The van der Waals surface area contributed by atoms with Crippen LogP contribution < -0.4 is 29.8 Å². The van der Waals surface area contributed by atoms with Gasteiger partial charge in [0.1, 0.15) is 12.4 Å². The molecule has 0 spiro atoms. The molecule has 0 saturated carbocycles. The molecule has 1 fully saturated rings. The lowest BCUT2D eigenvalue weighted by Gasteiger charge is -2.17. The zero-order valence-electron chi connectivity index (χ0n) is 19.8. The smallest absolute Gasteiger partial charge is 0.269 e. The molecule has 1 aliphatic rings. The van der Waals surface area contributed by atoms with Gasteiger partial charge in [-0.15, -0.1) is 0 Å². The second-order valence-electron chi connectivity index (χ2n) is 7.48. The van der Waals surface area contributed by atoms with E-state index in [2.05, 4.69) is 10.9 Å². The molecule has 2 aromatic rings. The monoisotopic (exact) mass is 472 g/mol. The van der Waals surface area contributed by atoms with E-state index in [4.69, 9.17) is 23.7 Å². The summed E-state index contributed by atoms with van der Waals surface area (Å²) in [5, 5.41) is 0. The van der Waals surface area contributed by atoms with E-state index in [9.17, 15) is 9.59 Å². The van der Waals surface area contributed by atoms with Crippen LogP contribution in [0, 0.1) is 0 Å². The standard InChI is InChI=1S/C25H32N2O7/c1-4-30-21-14-18(15-22(31-5-2)23(21)32-6-3)25(29)27-26-24(28)17-9-11-19(12-10-17)34-16-20-8-7-13-33-20/h9-12,14-15,20H,4-8,13,16H2,1-3H3,(H,26,28)(H,27,29)/t20-/m1/s1. The Morgan fingerprint density at radius 2 is 1.44 bits per heavy atom. The fourth-order valence-corrected chi connectivity index (χ4v) is 3.45. The summed E-state index contributed by atoms with van der Waals surface area (Å²) in [6, 6.07) is 9.78. The minimum absolute atomic E-state index is 0.118. The maximum absolute atomic E-state index is 12.7. The third-order valence-corrected chi connectivity index (χ3v) is 5.04. The highest BCUT2D eigenvalue weighted by molar-refractivity contribution is 5.99. The molecule has 9 nitrogen and oxygen atoms in total. The number of carbonyl (C=O) groups excluding carboxylic acids is 2. The lowest BCUT2D eigenvalue weighted by molar-refractivity contribution is 0.0679. The molecule has 1 atom stereocenters. The molecule has 0 aromatic heterocycles.